The van der Waals surface area contributed by atoms with Crippen LogP contribution < -0.4 is 10.1 Å². The molecule has 1 heterocycles. The first-order chi connectivity index (χ1) is 8.70. The second-order valence-electron chi connectivity index (χ2n) is 5.17. The molecule has 1 N–H and O–H groups in total. The predicted molar refractivity (Wildman–Crippen MR) is 76.6 cm³/mol. The molecule has 1 saturated heterocycles. The lowest BCUT2D eigenvalue weighted by Gasteiger charge is -2.14. The lowest BCUT2D eigenvalue weighted by molar-refractivity contribution is 0.260. The van der Waals surface area contributed by atoms with Gasteiger partial charge in [0.05, 0.1) is 11.6 Å². The lowest BCUT2D eigenvalue weighted by atomic mass is 9.99. The van der Waals surface area contributed by atoms with Crippen molar-refractivity contribution >= 4 is 11.6 Å². The van der Waals surface area contributed by atoms with Gasteiger partial charge in [-0.2, -0.15) is 0 Å². The van der Waals surface area contributed by atoms with Gasteiger partial charge in [0.1, 0.15) is 5.75 Å². The molecule has 3 heteroatoms. The van der Waals surface area contributed by atoms with E-state index >= 15 is 0 Å². The standard InChI is InChI=1S/C15H22ClNO/c1-3-11(2)13-4-5-15(14(16)8-13)18-10-12-6-7-17-9-12/h4-5,8,11-12,17H,3,6-7,9-10H2,1-2H3. The summed E-state index contributed by atoms with van der Waals surface area (Å²) in [6.07, 6.45) is 2.33. The third-order valence-corrected chi connectivity index (χ3v) is 4.07. The van der Waals surface area contributed by atoms with Gasteiger partial charge in [0.15, 0.2) is 0 Å². The van der Waals surface area contributed by atoms with Crippen molar-refractivity contribution in [2.24, 2.45) is 5.92 Å². The lowest BCUT2D eigenvalue weighted by Crippen LogP contribution is -2.15. The molecule has 2 rings (SSSR count). The molecule has 2 nitrogen and oxygen atoms in total. The molecule has 0 radical (unpaired) electrons. The van der Waals surface area contributed by atoms with E-state index in [1.807, 2.05) is 12.1 Å². The van der Waals surface area contributed by atoms with Gasteiger partial charge in [-0.25, -0.2) is 0 Å². The smallest absolute Gasteiger partial charge is 0.137 e. The maximum atomic E-state index is 6.28. The molecule has 0 saturated carbocycles. The van der Waals surface area contributed by atoms with Gasteiger partial charge in [0.2, 0.25) is 0 Å². The summed E-state index contributed by atoms with van der Waals surface area (Å²) in [5.74, 6) is 1.99. The van der Waals surface area contributed by atoms with Gasteiger partial charge in [-0.05, 0) is 43.0 Å². The molecule has 0 aromatic heterocycles. The Morgan fingerprint density at radius 2 is 2.33 bits per heavy atom. The molecule has 0 amide bonds. The summed E-state index contributed by atoms with van der Waals surface area (Å²) in [7, 11) is 0. The Kier molecular flexibility index (Phi) is 4.90. The third-order valence-electron chi connectivity index (χ3n) is 3.77. The number of ether oxygens (including phenoxy) is 1. The van der Waals surface area contributed by atoms with Crippen LogP contribution in [-0.2, 0) is 0 Å². The highest BCUT2D eigenvalue weighted by Crippen LogP contribution is 2.30. The van der Waals surface area contributed by atoms with Crippen molar-refractivity contribution < 1.29 is 4.74 Å². The van der Waals surface area contributed by atoms with Crippen molar-refractivity contribution in [2.75, 3.05) is 19.7 Å². The topological polar surface area (TPSA) is 21.3 Å². The summed E-state index contributed by atoms with van der Waals surface area (Å²) in [5, 5.41) is 4.08. The molecule has 0 spiro atoms. The maximum Gasteiger partial charge on any atom is 0.137 e. The molecule has 1 fully saturated rings. The van der Waals surface area contributed by atoms with Gasteiger partial charge in [-0.3, -0.25) is 0 Å². The largest absolute Gasteiger partial charge is 0.492 e. The van der Waals surface area contributed by atoms with Crippen LogP contribution in [0.5, 0.6) is 5.75 Å². The fourth-order valence-corrected chi connectivity index (χ4v) is 2.48. The SMILES string of the molecule is CCC(C)c1ccc(OCC2CCNC2)c(Cl)c1. The van der Waals surface area contributed by atoms with E-state index in [-0.39, 0.29) is 0 Å². The minimum absolute atomic E-state index is 0.551. The van der Waals surface area contributed by atoms with Gasteiger partial charge < -0.3 is 10.1 Å². The second kappa shape index (κ2) is 6.44. The van der Waals surface area contributed by atoms with Crippen LogP contribution >= 0.6 is 11.6 Å². The molecule has 2 atom stereocenters. The van der Waals surface area contributed by atoms with Crippen molar-refractivity contribution in [3.63, 3.8) is 0 Å². The minimum Gasteiger partial charge on any atom is -0.492 e. The Hall–Kier alpha value is -0.730. The summed E-state index contributed by atoms with van der Waals surface area (Å²) in [6.45, 7) is 7.33. The van der Waals surface area contributed by atoms with E-state index in [0.29, 0.717) is 11.8 Å². The monoisotopic (exact) mass is 267 g/mol. The van der Waals surface area contributed by atoms with E-state index in [2.05, 4.69) is 25.2 Å². The molecule has 18 heavy (non-hydrogen) atoms. The zero-order chi connectivity index (χ0) is 13.0. The fraction of sp³-hybridized carbons (Fsp3) is 0.600. The molecule has 0 aliphatic carbocycles. The van der Waals surface area contributed by atoms with Gasteiger partial charge in [0, 0.05) is 12.5 Å². The van der Waals surface area contributed by atoms with E-state index in [9.17, 15) is 0 Å². The van der Waals surface area contributed by atoms with Crippen LogP contribution in [0.4, 0.5) is 0 Å². The van der Waals surface area contributed by atoms with Crippen molar-refractivity contribution in [2.45, 2.75) is 32.6 Å². The van der Waals surface area contributed by atoms with Gasteiger partial charge >= 0.3 is 0 Å². The van der Waals surface area contributed by atoms with Crippen LogP contribution in [0.15, 0.2) is 18.2 Å². The second-order valence-corrected chi connectivity index (χ2v) is 5.58. The number of halogens is 1. The summed E-state index contributed by atoms with van der Waals surface area (Å²) in [5.41, 5.74) is 1.29. The average molecular weight is 268 g/mol. The van der Waals surface area contributed by atoms with Crippen molar-refractivity contribution in [1.29, 1.82) is 0 Å². The molecule has 2 unspecified atom stereocenters. The fourth-order valence-electron chi connectivity index (χ4n) is 2.24. The molecular weight excluding hydrogens is 246 g/mol. The van der Waals surface area contributed by atoms with Crippen LogP contribution in [0.1, 0.15) is 38.2 Å². The first-order valence-electron chi connectivity index (χ1n) is 6.83. The van der Waals surface area contributed by atoms with E-state index in [1.165, 1.54) is 12.0 Å². The number of nitrogens with one attached hydrogen (secondary N) is 1. The van der Waals surface area contributed by atoms with Gasteiger partial charge in [-0.1, -0.05) is 31.5 Å². The number of hydrogen-bond acceptors (Lipinski definition) is 2. The first kappa shape index (κ1) is 13.7. The van der Waals surface area contributed by atoms with Crippen LogP contribution in [0.3, 0.4) is 0 Å². The average Bonchev–Trinajstić information content (AvgIpc) is 2.89. The highest BCUT2D eigenvalue weighted by Gasteiger charge is 2.16. The Morgan fingerprint density at radius 3 is 2.94 bits per heavy atom. The van der Waals surface area contributed by atoms with Crippen LogP contribution in [-0.4, -0.2) is 19.7 Å². The summed E-state index contributed by atoms with van der Waals surface area (Å²) < 4.78 is 5.82. The Labute approximate surface area is 115 Å². The van der Waals surface area contributed by atoms with Crippen LogP contribution in [0.2, 0.25) is 5.02 Å². The quantitative estimate of drug-likeness (QED) is 0.875. The number of hydrogen-bond donors (Lipinski definition) is 1. The summed E-state index contributed by atoms with van der Waals surface area (Å²) in [6, 6.07) is 6.17. The summed E-state index contributed by atoms with van der Waals surface area (Å²) >= 11 is 6.28. The number of rotatable bonds is 5. The zero-order valence-electron chi connectivity index (χ0n) is 11.2. The van der Waals surface area contributed by atoms with Crippen molar-refractivity contribution in [3.8, 4) is 5.75 Å². The Morgan fingerprint density at radius 1 is 1.50 bits per heavy atom. The highest BCUT2D eigenvalue weighted by molar-refractivity contribution is 6.32. The normalized spacial score (nSPS) is 20.9. The Balaban J connectivity index is 1.96. The van der Waals surface area contributed by atoms with Crippen LogP contribution in [0, 0.1) is 5.92 Å². The first-order valence-corrected chi connectivity index (χ1v) is 7.21. The van der Waals surface area contributed by atoms with E-state index in [1.54, 1.807) is 0 Å². The zero-order valence-corrected chi connectivity index (χ0v) is 12.0. The molecule has 1 aliphatic heterocycles. The van der Waals surface area contributed by atoms with Crippen molar-refractivity contribution in [1.82, 2.24) is 5.32 Å². The third kappa shape index (κ3) is 3.39. The van der Waals surface area contributed by atoms with E-state index in [4.69, 9.17) is 16.3 Å². The summed E-state index contributed by atoms with van der Waals surface area (Å²) in [4.78, 5) is 0. The molecular formula is C15H22ClNO. The van der Waals surface area contributed by atoms with Gasteiger partial charge in [0.25, 0.3) is 0 Å². The molecule has 1 aromatic rings. The predicted octanol–water partition coefficient (Wildman–Crippen LogP) is 3.84. The molecule has 0 bridgehead atoms. The highest BCUT2D eigenvalue weighted by atomic mass is 35.5. The van der Waals surface area contributed by atoms with E-state index in [0.717, 1.165) is 36.9 Å². The Bertz CT molecular complexity index is 388. The van der Waals surface area contributed by atoms with E-state index < -0.39 is 0 Å². The van der Waals surface area contributed by atoms with Crippen molar-refractivity contribution in [3.05, 3.63) is 28.8 Å². The number of benzene rings is 1. The maximum absolute atomic E-state index is 6.28. The molecule has 1 aliphatic rings. The van der Waals surface area contributed by atoms with Gasteiger partial charge in [-0.15, -0.1) is 0 Å². The molecule has 100 valence electrons. The minimum atomic E-state index is 0.551. The molecule has 1 aromatic carbocycles. The van der Waals surface area contributed by atoms with Crippen LogP contribution in [0.25, 0.3) is 0 Å².